The van der Waals surface area contributed by atoms with Crippen molar-refractivity contribution in [1.29, 1.82) is 0 Å². The van der Waals surface area contributed by atoms with Crippen molar-refractivity contribution in [3.8, 4) is 0 Å². The van der Waals surface area contributed by atoms with E-state index in [1.54, 1.807) is 6.92 Å². The predicted octanol–water partition coefficient (Wildman–Crippen LogP) is 6.76. The lowest BCUT2D eigenvalue weighted by atomic mass is 9.85. The first-order valence-corrected chi connectivity index (χ1v) is 13.1. The number of aryl methyl sites for hydroxylation is 1. The monoisotopic (exact) mass is 558 g/mol. The van der Waals surface area contributed by atoms with Crippen LogP contribution in [-0.4, -0.2) is 54.1 Å². The smallest absolute Gasteiger partial charge is 0.416 e. The third-order valence-corrected chi connectivity index (χ3v) is 7.69. The zero-order valence-corrected chi connectivity index (χ0v) is 22.4. The van der Waals surface area contributed by atoms with Crippen molar-refractivity contribution in [2.75, 3.05) is 27.2 Å². The second-order valence-corrected chi connectivity index (χ2v) is 10.8. The molecule has 2 atom stereocenters. The van der Waals surface area contributed by atoms with Crippen molar-refractivity contribution in [3.63, 3.8) is 0 Å². The predicted molar refractivity (Wildman–Crippen MR) is 137 cm³/mol. The first-order chi connectivity index (χ1) is 18.1. The molecule has 1 fully saturated rings. The molecule has 2 unspecified atom stereocenters. The highest BCUT2D eigenvalue weighted by atomic mass is 19.4. The van der Waals surface area contributed by atoms with Gasteiger partial charge < -0.3 is 10.0 Å². The number of carboxylic acids is 1. The van der Waals surface area contributed by atoms with Gasteiger partial charge in [-0.25, -0.2) is 0 Å². The summed E-state index contributed by atoms with van der Waals surface area (Å²) in [5.41, 5.74) is -0.319. The van der Waals surface area contributed by atoms with Crippen LogP contribution in [0.4, 0.5) is 26.3 Å². The highest BCUT2D eigenvalue weighted by Crippen LogP contribution is 2.37. The lowest BCUT2D eigenvalue weighted by Crippen LogP contribution is -2.43. The summed E-state index contributed by atoms with van der Waals surface area (Å²) in [5, 5.41) is 9.10. The maximum Gasteiger partial charge on any atom is 0.416 e. The van der Waals surface area contributed by atoms with Gasteiger partial charge in [0.15, 0.2) is 0 Å². The highest BCUT2D eigenvalue weighted by molar-refractivity contribution is 5.69. The van der Waals surface area contributed by atoms with E-state index < -0.39 is 35.4 Å². The van der Waals surface area contributed by atoms with Crippen LogP contribution in [0.2, 0.25) is 0 Å². The largest absolute Gasteiger partial charge is 0.481 e. The lowest BCUT2D eigenvalue weighted by molar-refractivity contribution is -0.142. The third kappa shape index (κ3) is 8.70. The molecule has 0 saturated carbocycles. The Hall–Kier alpha value is -2.59. The summed E-state index contributed by atoms with van der Waals surface area (Å²) >= 11 is 0. The van der Waals surface area contributed by atoms with Gasteiger partial charge in [-0.15, -0.1) is 0 Å². The number of hydrogen-bond acceptors (Lipinski definition) is 3. The molecule has 216 valence electrons. The third-order valence-electron chi connectivity index (χ3n) is 7.69. The van der Waals surface area contributed by atoms with E-state index in [1.807, 2.05) is 43.3 Å². The molecule has 0 aliphatic carbocycles. The summed E-state index contributed by atoms with van der Waals surface area (Å²) in [5.74, 6) is -0.960. The van der Waals surface area contributed by atoms with Gasteiger partial charge in [0.05, 0.1) is 17.0 Å². The van der Waals surface area contributed by atoms with E-state index in [-0.39, 0.29) is 18.2 Å². The van der Waals surface area contributed by atoms with Gasteiger partial charge in [-0.05, 0) is 100 Å². The summed E-state index contributed by atoms with van der Waals surface area (Å²) in [4.78, 5) is 15.1. The minimum Gasteiger partial charge on any atom is -0.481 e. The Morgan fingerprint density at radius 2 is 1.56 bits per heavy atom. The van der Waals surface area contributed by atoms with Gasteiger partial charge >= 0.3 is 18.3 Å². The number of alkyl halides is 6. The van der Waals surface area contributed by atoms with Crippen LogP contribution in [0.3, 0.4) is 0 Å². The van der Waals surface area contributed by atoms with Crippen LogP contribution in [0.15, 0.2) is 42.5 Å². The van der Waals surface area contributed by atoms with E-state index in [2.05, 4.69) is 4.90 Å². The van der Waals surface area contributed by atoms with Crippen molar-refractivity contribution >= 4 is 5.97 Å². The van der Waals surface area contributed by atoms with Crippen LogP contribution in [-0.2, 0) is 36.5 Å². The Balaban J connectivity index is 1.60. The molecule has 0 radical (unpaired) electrons. The Morgan fingerprint density at radius 3 is 2.08 bits per heavy atom. The number of piperidine rings is 1. The van der Waals surface area contributed by atoms with Gasteiger partial charge in [0.25, 0.3) is 0 Å². The summed E-state index contributed by atoms with van der Waals surface area (Å²) in [6.07, 6.45) is -5.75. The van der Waals surface area contributed by atoms with Crippen molar-refractivity contribution in [3.05, 3.63) is 70.3 Å². The molecule has 1 aliphatic heterocycles. The van der Waals surface area contributed by atoms with Crippen LogP contribution in [0.5, 0.6) is 0 Å². The average molecular weight is 559 g/mol. The van der Waals surface area contributed by atoms with E-state index in [4.69, 9.17) is 5.11 Å². The van der Waals surface area contributed by atoms with Gasteiger partial charge in [-0.2, -0.15) is 26.3 Å². The standard InChI is InChI=1S/C29H36F6N2O2/c1-19(27(38)39)16-21-6-4-20(5-7-21)8-11-26(36(2)3)22-12-14-37(15-13-22)18-23-17-24(28(30,31)32)9-10-25(23)29(33,34)35/h4-7,9-10,17,19,22,26H,8,11-16,18H2,1-3H3,(H,38,39). The number of nitrogens with zero attached hydrogens (tertiary/aromatic N) is 2. The molecule has 1 aliphatic rings. The second kappa shape index (κ2) is 12.7. The van der Waals surface area contributed by atoms with Crippen LogP contribution < -0.4 is 0 Å². The molecular weight excluding hydrogens is 522 g/mol. The van der Waals surface area contributed by atoms with E-state index >= 15 is 0 Å². The normalized spacial score (nSPS) is 17.4. The van der Waals surface area contributed by atoms with Gasteiger partial charge in [0, 0.05) is 12.6 Å². The number of halogens is 6. The van der Waals surface area contributed by atoms with E-state index in [1.165, 1.54) is 0 Å². The average Bonchev–Trinajstić information content (AvgIpc) is 2.84. The number of benzene rings is 2. The fourth-order valence-electron chi connectivity index (χ4n) is 5.43. The van der Waals surface area contributed by atoms with Crippen LogP contribution in [0, 0.1) is 11.8 Å². The molecule has 2 aromatic carbocycles. The Bertz CT molecular complexity index is 1090. The molecule has 39 heavy (non-hydrogen) atoms. The van der Waals surface area contributed by atoms with Crippen molar-refractivity contribution < 1.29 is 36.2 Å². The van der Waals surface area contributed by atoms with Gasteiger partial charge in [0.1, 0.15) is 0 Å². The minimum absolute atomic E-state index is 0.176. The number of likely N-dealkylation sites (tertiary alicyclic amines) is 1. The molecule has 1 N–H and O–H groups in total. The summed E-state index contributed by atoms with van der Waals surface area (Å²) in [6, 6.07) is 9.86. The Morgan fingerprint density at radius 1 is 0.974 bits per heavy atom. The Labute approximate surface area is 225 Å². The van der Waals surface area contributed by atoms with Crippen molar-refractivity contribution in [2.24, 2.45) is 11.8 Å². The minimum atomic E-state index is -4.72. The lowest BCUT2D eigenvalue weighted by Gasteiger charge is -2.39. The molecule has 3 rings (SSSR count). The fraction of sp³-hybridized carbons (Fsp3) is 0.552. The SMILES string of the molecule is CC(Cc1ccc(CCC(C2CCN(Cc3cc(C(F)(F)F)ccc3C(F)(F)F)CC2)N(C)C)cc1)C(=O)O. The molecular formula is C29H36F6N2O2. The molecule has 0 spiro atoms. The molecule has 10 heteroatoms. The van der Waals surface area contributed by atoms with E-state index in [0.717, 1.165) is 36.8 Å². The van der Waals surface area contributed by atoms with E-state index in [9.17, 15) is 31.1 Å². The molecule has 0 aromatic heterocycles. The summed E-state index contributed by atoms with van der Waals surface area (Å²) in [6.45, 7) is 2.53. The number of rotatable bonds is 10. The quantitative estimate of drug-likeness (QED) is 0.327. The fourth-order valence-corrected chi connectivity index (χ4v) is 5.43. The first kappa shape index (κ1) is 30.9. The molecule has 0 amide bonds. The van der Waals surface area contributed by atoms with Gasteiger partial charge in [-0.1, -0.05) is 31.2 Å². The summed E-state index contributed by atoms with van der Waals surface area (Å²) in [7, 11) is 4.01. The Kier molecular flexibility index (Phi) is 10.1. The number of carboxylic acid groups (broad SMARTS) is 1. The number of aliphatic carboxylic acids is 1. The first-order valence-electron chi connectivity index (χ1n) is 13.1. The van der Waals surface area contributed by atoms with Gasteiger partial charge in [-0.3, -0.25) is 9.69 Å². The van der Waals surface area contributed by atoms with Crippen LogP contribution in [0.1, 0.15) is 54.0 Å². The second-order valence-electron chi connectivity index (χ2n) is 10.8. The topological polar surface area (TPSA) is 43.8 Å². The van der Waals surface area contributed by atoms with Gasteiger partial charge in [0.2, 0.25) is 0 Å². The molecule has 1 heterocycles. The molecule has 2 aromatic rings. The van der Waals surface area contributed by atoms with Crippen molar-refractivity contribution in [2.45, 2.75) is 64.0 Å². The molecule has 4 nitrogen and oxygen atoms in total. The maximum absolute atomic E-state index is 13.5. The van der Waals surface area contributed by atoms with Crippen LogP contribution >= 0.6 is 0 Å². The maximum atomic E-state index is 13.5. The highest BCUT2D eigenvalue weighted by Gasteiger charge is 2.37. The number of hydrogen-bond donors (Lipinski definition) is 1. The molecule has 1 saturated heterocycles. The van der Waals surface area contributed by atoms with E-state index in [0.29, 0.717) is 43.6 Å². The summed E-state index contributed by atoms with van der Waals surface area (Å²) < 4.78 is 80.0. The number of carbonyl (C=O) groups is 1. The molecule has 0 bridgehead atoms. The van der Waals surface area contributed by atoms with Crippen LogP contribution in [0.25, 0.3) is 0 Å². The zero-order chi connectivity index (χ0) is 29.0. The zero-order valence-electron chi connectivity index (χ0n) is 22.4. The van der Waals surface area contributed by atoms with Crippen molar-refractivity contribution in [1.82, 2.24) is 9.80 Å².